The molecule has 32 heavy (non-hydrogen) atoms. The van der Waals surface area contributed by atoms with Crippen molar-refractivity contribution in [3.8, 4) is 5.75 Å². The van der Waals surface area contributed by atoms with Crippen LogP contribution in [0.5, 0.6) is 5.75 Å². The molecule has 3 rings (SSSR count). The summed E-state index contributed by atoms with van der Waals surface area (Å²) in [6, 6.07) is 18.4. The van der Waals surface area contributed by atoms with E-state index in [2.05, 4.69) is 5.32 Å². The van der Waals surface area contributed by atoms with Gasteiger partial charge in [-0.25, -0.2) is 4.79 Å². The Morgan fingerprint density at radius 2 is 1.75 bits per heavy atom. The number of hydrogen-bond acceptors (Lipinski definition) is 6. The first-order valence-corrected chi connectivity index (χ1v) is 10.6. The molecule has 2 aromatic rings. The van der Waals surface area contributed by atoms with E-state index in [1.165, 1.54) is 0 Å². The third-order valence-corrected chi connectivity index (χ3v) is 5.02. The van der Waals surface area contributed by atoms with Gasteiger partial charge in [0.1, 0.15) is 11.9 Å². The number of ether oxygens (including phenoxy) is 3. The molecule has 2 aromatic carbocycles. The van der Waals surface area contributed by atoms with Crippen LogP contribution >= 0.6 is 12.4 Å². The van der Waals surface area contributed by atoms with Gasteiger partial charge in [-0.05, 0) is 30.5 Å². The lowest BCUT2D eigenvalue weighted by atomic mass is 10.1. The summed E-state index contributed by atoms with van der Waals surface area (Å²) in [5.74, 6) is -1.23. The van der Waals surface area contributed by atoms with Gasteiger partial charge in [0.05, 0.1) is 19.8 Å². The molecule has 2 unspecified atom stereocenters. The van der Waals surface area contributed by atoms with E-state index in [4.69, 9.17) is 19.9 Å². The van der Waals surface area contributed by atoms with Gasteiger partial charge in [0.15, 0.2) is 0 Å². The number of aliphatic hydroxyl groups is 1. The van der Waals surface area contributed by atoms with Gasteiger partial charge in [-0.2, -0.15) is 0 Å². The number of benzene rings is 2. The summed E-state index contributed by atoms with van der Waals surface area (Å²) in [6.45, 7) is 2.87. The average molecular weight is 466 g/mol. The van der Waals surface area contributed by atoms with E-state index in [0.717, 1.165) is 5.56 Å². The van der Waals surface area contributed by atoms with Crippen LogP contribution in [0.3, 0.4) is 0 Å². The molecule has 0 aliphatic carbocycles. The highest BCUT2D eigenvalue weighted by atomic mass is 35.5. The summed E-state index contributed by atoms with van der Waals surface area (Å²) >= 11 is 0. The normalized spacial score (nSPS) is 16.4. The number of nitrogens with two attached hydrogens (primary N) is 1. The Kier molecular flexibility index (Phi) is 10.7. The van der Waals surface area contributed by atoms with Gasteiger partial charge in [-0.1, -0.05) is 48.5 Å². The zero-order chi connectivity index (χ0) is 21.9. The lowest BCUT2D eigenvalue weighted by Gasteiger charge is -2.34. The van der Waals surface area contributed by atoms with E-state index in [9.17, 15) is 9.90 Å². The van der Waals surface area contributed by atoms with Crippen molar-refractivity contribution in [2.24, 2.45) is 5.73 Å². The molecule has 1 fully saturated rings. The Morgan fingerprint density at radius 1 is 1.12 bits per heavy atom. The monoisotopic (exact) mass is 465 g/mol. The largest absolute Gasteiger partial charge is 0.447 e. The first-order chi connectivity index (χ1) is 15.1. The van der Waals surface area contributed by atoms with Gasteiger partial charge in [0.25, 0.3) is 5.91 Å². The van der Waals surface area contributed by atoms with Gasteiger partial charge in [0, 0.05) is 19.6 Å². The lowest BCUT2D eigenvalue weighted by molar-refractivity contribution is -0.243. The van der Waals surface area contributed by atoms with E-state index in [1.54, 1.807) is 17.0 Å². The molecule has 8 nitrogen and oxygen atoms in total. The molecule has 0 saturated carbocycles. The molecular weight excluding hydrogens is 434 g/mol. The minimum Gasteiger partial charge on any atom is -0.447 e. The Morgan fingerprint density at radius 3 is 2.41 bits per heavy atom. The Bertz CT molecular complexity index is 793. The molecule has 1 heterocycles. The highest BCUT2D eigenvalue weighted by Crippen LogP contribution is 2.22. The van der Waals surface area contributed by atoms with Gasteiger partial charge >= 0.3 is 6.03 Å². The summed E-state index contributed by atoms with van der Waals surface area (Å²) in [6.07, 6.45) is -0.290. The van der Waals surface area contributed by atoms with Gasteiger partial charge in [-0.3, -0.25) is 5.73 Å². The van der Waals surface area contributed by atoms with Crippen LogP contribution < -0.4 is 15.8 Å². The van der Waals surface area contributed by atoms with E-state index < -0.39 is 12.0 Å². The van der Waals surface area contributed by atoms with Gasteiger partial charge in [0.2, 0.25) is 0 Å². The SMILES string of the molecule is Cl.NC(OCc1ccccc1)(Oc1ccccc1)C(O)CCCNC(=O)N1CCOCC1. The average Bonchev–Trinajstić information content (AvgIpc) is 2.82. The highest BCUT2D eigenvalue weighted by molar-refractivity contribution is 5.85. The number of carbonyl (C=O) groups is 1. The summed E-state index contributed by atoms with van der Waals surface area (Å²) in [4.78, 5) is 13.9. The van der Waals surface area contributed by atoms with Crippen molar-refractivity contribution in [2.75, 3.05) is 32.8 Å². The summed E-state index contributed by atoms with van der Waals surface area (Å²) in [5.41, 5.74) is 7.29. The predicted octanol–water partition coefficient (Wildman–Crippen LogP) is 2.50. The number of carbonyl (C=O) groups excluding carboxylic acids is 1. The van der Waals surface area contributed by atoms with Gasteiger partial charge < -0.3 is 29.5 Å². The van der Waals surface area contributed by atoms with Crippen LogP contribution in [0, 0.1) is 0 Å². The molecule has 9 heteroatoms. The van der Waals surface area contributed by atoms with E-state index in [0.29, 0.717) is 51.4 Å². The third kappa shape index (κ3) is 7.96. The van der Waals surface area contributed by atoms with Crippen molar-refractivity contribution in [1.29, 1.82) is 0 Å². The van der Waals surface area contributed by atoms with Crippen LogP contribution in [0.2, 0.25) is 0 Å². The van der Waals surface area contributed by atoms with E-state index in [-0.39, 0.29) is 25.0 Å². The molecule has 1 aliphatic rings. The molecule has 0 spiro atoms. The number of amides is 2. The maximum atomic E-state index is 12.2. The zero-order valence-corrected chi connectivity index (χ0v) is 18.8. The van der Waals surface area contributed by atoms with Crippen LogP contribution in [-0.2, 0) is 16.1 Å². The molecule has 2 atom stereocenters. The molecule has 0 radical (unpaired) electrons. The molecule has 1 saturated heterocycles. The molecule has 176 valence electrons. The van der Waals surface area contributed by atoms with Crippen molar-refractivity contribution in [3.63, 3.8) is 0 Å². The van der Waals surface area contributed by atoms with E-state index in [1.807, 2.05) is 48.5 Å². The van der Waals surface area contributed by atoms with Crippen molar-refractivity contribution in [3.05, 3.63) is 66.2 Å². The smallest absolute Gasteiger partial charge is 0.317 e. The number of nitrogens with one attached hydrogen (secondary N) is 1. The van der Waals surface area contributed by atoms with Crippen LogP contribution in [0.25, 0.3) is 0 Å². The van der Waals surface area contributed by atoms with Crippen molar-refractivity contribution >= 4 is 18.4 Å². The second-order valence-electron chi connectivity index (χ2n) is 7.40. The minimum atomic E-state index is -1.73. The quantitative estimate of drug-likeness (QED) is 0.367. The van der Waals surface area contributed by atoms with Crippen LogP contribution in [0.15, 0.2) is 60.7 Å². The minimum absolute atomic E-state index is 0. The topological polar surface area (TPSA) is 106 Å². The van der Waals surface area contributed by atoms with Crippen molar-refractivity contribution in [1.82, 2.24) is 10.2 Å². The predicted molar refractivity (Wildman–Crippen MR) is 123 cm³/mol. The third-order valence-electron chi connectivity index (χ3n) is 5.02. The van der Waals surface area contributed by atoms with Crippen molar-refractivity contribution < 1.29 is 24.1 Å². The fourth-order valence-corrected chi connectivity index (χ4v) is 3.21. The molecule has 0 aromatic heterocycles. The fraction of sp³-hybridized carbons (Fsp3) is 0.435. The zero-order valence-electron chi connectivity index (χ0n) is 18.0. The van der Waals surface area contributed by atoms with Gasteiger partial charge in [-0.15, -0.1) is 12.4 Å². The molecule has 1 aliphatic heterocycles. The summed E-state index contributed by atoms with van der Waals surface area (Å²) < 4.78 is 17.0. The number of morpholine rings is 1. The fourth-order valence-electron chi connectivity index (χ4n) is 3.21. The number of aliphatic hydroxyl groups excluding tert-OH is 1. The maximum Gasteiger partial charge on any atom is 0.317 e. The van der Waals surface area contributed by atoms with Crippen LogP contribution in [0.1, 0.15) is 18.4 Å². The number of urea groups is 1. The second kappa shape index (κ2) is 13.2. The van der Waals surface area contributed by atoms with E-state index >= 15 is 0 Å². The maximum absolute atomic E-state index is 12.2. The first-order valence-electron chi connectivity index (χ1n) is 10.6. The number of nitrogens with zero attached hydrogens (tertiary/aromatic N) is 1. The Balaban J connectivity index is 0.00000363. The summed E-state index contributed by atoms with van der Waals surface area (Å²) in [5, 5.41) is 13.7. The molecule has 0 bridgehead atoms. The van der Waals surface area contributed by atoms with Crippen molar-refractivity contribution in [2.45, 2.75) is 31.5 Å². The number of para-hydroxylation sites is 1. The second-order valence-corrected chi connectivity index (χ2v) is 7.40. The van der Waals surface area contributed by atoms with Crippen LogP contribution in [0.4, 0.5) is 4.79 Å². The molecular formula is C23H32ClN3O5. The number of hydrogen-bond donors (Lipinski definition) is 3. The standard InChI is InChI=1S/C23H31N3O5.ClH/c24-23(31-20-10-5-2-6-11-20,30-18-19-8-3-1-4-9-19)21(27)12-7-13-25-22(28)26-14-16-29-17-15-26;/h1-6,8-11,21,27H,7,12-18,24H2,(H,25,28);1H. The van der Waals surface area contributed by atoms with Crippen LogP contribution in [-0.4, -0.2) is 60.9 Å². The Hall–Kier alpha value is -2.36. The molecule has 4 N–H and O–H groups in total. The number of halogens is 1. The Labute approximate surface area is 195 Å². The summed E-state index contributed by atoms with van der Waals surface area (Å²) in [7, 11) is 0. The molecule has 2 amide bonds. The number of rotatable bonds is 10. The first kappa shape index (κ1) is 25.9. The lowest BCUT2D eigenvalue weighted by Crippen LogP contribution is -2.58. The highest BCUT2D eigenvalue weighted by Gasteiger charge is 2.37.